The smallest absolute Gasteiger partial charge is 0.252 e. The van der Waals surface area contributed by atoms with Gasteiger partial charge in [0, 0.05) is 60.2 Å². The first-order chi connectivity index (χ1) is 13.1. The number of aromatic amines is 1. The Morgan fingerprint density at radius 3 is 3.15 bits per heavy atom. The molecule has 2 aromatic rings. The fourth-order valence-electron chi connectivity index (χ4n) is 5.42. The SMILES string of the molecule is Cc1n[nH]c(C)c1CN1C[C@@H]2[C@H](CNC(=O)c3ccsc3)[C@H]3CC[C@]2(C1)O3. The van der Waals surface area contributed by atoms with Gasteiger partial charge in [-0.2, -0.15) is 16.4 Å². The summed E-state index contributed by atoms with van der Waals surface area (Å²) in [6.07, 6.45) is 2.57. The average Bonchev–Trinajstić information content (AvgIpc) is 3.44. The number of hydrogen-bond donors (Lipinski definition) is 2. The minimum Gasteiger partial charge on any atom is -0.370 e. The summed E-state index contributed by atoms with van der Waals surface area (Å²) >= 11 is 1.56. The number of aryl methyl sites for hydroxylation is 2. The first-order valence-electron chi connectivity index (χ1n) is 9.77. The molecule has 5 heterocycles. The van der Waals surface area contributed by atoms with Crippen molar-refractivity contribution in [3.8, 4) is 0 Å². The van der Waals surface area contributed by atoms with Crippen LogP contribution in [0.3, 0.4) is 0 Å². The molecular weight excluding hydrogens is 360 g/mol. The summed E-state index contributed by atoms with van der Waals surface area (Å²) in [6.45, 7) is 7.83. The van der Waals surface area contributed by atoms with Gasteiger partial charge in [0.05, 0.1) is 17.4 Å². The van der Waals surface area contributed by atoms with Crippen LogP contribution in [-0.4, -0.2) is 52.3 Å². The maximum Gasteiger partial charge on any atom is 0.252 e. The van der Waals surface area contributed by atoms with E-state index in [-0.39, 0.29) is 11.5 Å². The van der Waals surface area contributed by atoms with Crippen LogP contribution in [0.2, 0.25) is 0 Å². The van der Waals surface area contributed by atoms with Crippen molar-refractivity contribution in [1.82, 2.24) is 20.4 Å². The number of carbonyl (C=O) groups excluding carboxylic acids is 1. The summed E-state index contributed by atoms with van der Waals surface area (Å²) in [5.74, 6) is 0.956. The van der Waals surface area contributed by atoms with E-state index in [4.69, 9.17) is 4.74 Å². The van der Waals surface area contributed by atoms with Gasteiger partial charge in [-0.1, -0.05) is 0 Å². The Labute approximate surface area is 163 Å². The molecule has 3 aliphatic heterocycles. The molecule has 1 amide bonds. The summed E-state index contributed by atoms with van der Waals surface area (Å²) < 4.78 is 6.52. The third kappa shape index (κ3) is 2.83. The molecule has 3 aliphatic rings. The molecule has 2 N–H and O–H groups in total. The molecule has 0 aliphatic carbocycles. The molecule has 5 rings (SSSR count). The van der Waals surface area contributed by atoms with Crippen LogP contribution in [0.4, 0.5) is 0 Å². The number of hydrogen-bond acceptors (Lipinski definition) is 5. The number of rotatable bonds is 5. The highest BCUT2D eigenvalue weighted by molar-refractivity contribution is 7.08. The van der Waals surface area contributed by atoms with Crippen LogP contribution in [-0.2, 0) is 11.3 Å². The van der Waals surface area contributed by atoms with Gasteiger partial charge in [0.1, 0.15) is 0 Å². The Morgan fingerprint density at radius 1 is 1.52 bits per heavy atom. The van der Waals surface area contributed by atoms with E-state index < -0.39 is 0 Å². The molecule has 144 valence electrons. The lowest BCUT2D eigenvalue weighted by molar-refractivity contribution is 0.00209. The molecule has 2 bridgehead atoms. The highest BCUT2D eigenvalue weighted by Gasteiger charge is 2.62. The summed E-state index contributed by atoms with van der Waals surface area (Å²) in [7, 11) is 0. The average molecular weight is 387 g/mol. The Morgan fingerprint density at radius 2 is 2.41 bits per heavy atom. The van der Waals surface area contributed by atoms with E-state index in [0.29, 0.717) is 24.5 Å². The third-order valence-electron chi connectivity index (χ3n) is 6.80. The fourth-order valence-corrected chi connectivity index (χ4v) is 6.05. The van der Waals surface area contributed by atoms with E-state index in [1.165, 1.54) is 5.56 Å². The standard InChI is InChI=1S/C20H26N4O2S/c1-12-16(13(2)23-22-12)8-24-9-17-15(18-3-5-20(17,11-24)26-18)7-21-19(25)14-4-6-27-10-14/h4,6,10,15,17-18H,3,5,7-9,11H2,1-2H3,(H,21,25)(H,22,23)/t15-,17+,18+,20+/m0/s1. The first-order valence-corrected chi connectivity index (χ1v) is 10.7. The molecule has 1 spiro atoms. The van der Waals surface area contributed by atoms with Crippen LogP contribution < -0.4 is 5.32 Å². The van der Waals surface area contributed by atoms with Gasteiger partial charge in [-0.15, -0.1) is 0 Å². The number of fused-ring (bicyclic) bond motifs is 1. The van der Waals surface area contributed by atoms with E-state index in [2.05, 4.69) is 34.3 Å². The normalized spacial score (nSPS) is 32.1. The monoisotopic (exact) mass is 386 g/mol. The molecule has 27 heavy (non-hydrogen) atoms. The van der Waals surface area contributed by atoms with Crippen LogP contribution in [0.15, 0.2) is 16.8 Å². The zero-order valence-electron chi connectivity index (χ0n) is 15.8. The molecule has 6 nitrogen and oxygen atoms in total. The van der Waals surface area contributed by atoms with Gasteiger partial charge in [0.15, 0.2) is 0 Å². The lowest BCUT2D eigenvalue weighted by Gasteiger charge is -2.29. The molecule has 2 aromatic heterocycles. The number of ether oxygens (including phenoxy) is 1. The number of nitrogens with zero attached hydrogens (tertiary/aromatic N) is 2. The molecule has 3 saturated heterocycles. The van der Waals surface area contributed by atoms with Crippen molar-refractivity contribution < 1.29 is 9.53 Å². The predicted molar refractivity (Wildman–Crippen MR) is 104 cm³/mol. The van der Waals surface area contributed by atoms with Gasteiger partial charge in [-0.25, -0.2) is 0 Å². The Balaban J connectivity index is 1.27. The third-order valence-corrected chi connectivity index (χ3v) is 7.48. The highest BCUT2D eigenvalue weighted by Crippen LogP contribution is 2.54. The number of likely N-dealkylation sites (tertiary alicyclic amines) is 1. The predicted octanol–water partition coefficient (Wildman–Crippen LogP) is 2.50. The maximum atomic E-state index is 12.3. The lowest BCUT2D eigenvalue weighted by atomic mass is 9.73. The second kappa shape index (κ2) is 6.43. The largest absolute Gasteiger partial charge is 0.370 e. The molecule has 0 saturated carbocycles. The van der Waals surface area contributed by atoms with Gasteiger partial charge in [0.2, 0.25) is 0 Å². The van der Waals surface area contributed by atoms with Crippen LogP contribution in [0.25, 0.3) is 0 Å². The van der Waals surface area contributed by atoms with Crippen molar-refractivity contribution in [2.24, 2.45) is 11.8 Å². The molecule has 3 fully saturated rings. The van der Waals surface area contributed by atoms with Crippen LogP contribution in [0.5, 0.6) is 0 Å². The van der Waals surface area contributed by atoms with E-state index in [1.54, 1.807) is 11.3 Å². The van der Waals surface area contributed by atoms with E-state index >= 15 is 0 Å². The highest BCUT2D eigenvalue weighted by atomic mass is 32.1. The number of thiophene rings is 1. The van der Waals surface area contributed by atoms with Crippen LogP contribution in [0, 0.1) is 25.7 Å². The Kier molecular flexibility index (Phi) is 4.14. The van der Waals surface area contributed by atoms with E-state index in [0.717, 1.165) is 49.4 Å². The molecular formula is C20H26N4O2S. The summed E-state index contributed by atoms with van der Waals surface area (Å²) in [6, 6.07) is 1.88. The molecule has 4 atom stereocenters. The second-order valence-corrected chi connectivity index (χ2v) is 9.11. The van der Waals surface area contributed by atoms with Gasteiger partial charge in [-0.3, -0.25) is 14.8 Å². The zero-order valence-corrected chi connectivity index (χ0v) is 16.6. The van der Waals surface area contributed by atoms with Crippen molar-refractivity contribution in [2.75, 3.05) is 19.6 Å². The zero-order chi connectivity index (χ0) is 18.6. The molecule has 0 radical (unpaired) electrons. The van der Waals surface area contributed by atoms with Gasteiger partial charge < -0.3 is 10.1 Å². The number of amides is 1. The Bertz CT molecular complexity index is 829. The van der Waals surface area contributed by atoms with Crippen molar-refractivity contribution >= 4 is 17.2 Å². The van der Waals surface area contributed by atoms with Crippen molar-refractivity contribution in [1.29, 1.82) is 0 Å². The van der Waals surface area contributed by atoms with Gasteiger partial charge in [0.25, 0.3) is 5.91 Å². The maximum absolute atomic E-state index is 12.3. The van der Waals surface area contributed by atoms with Crippen molar-refractivity contribution in [3.63, 3.8) is 0 Å². The minimum atomic E-state index is -0.00597. The molecule has 0 aromatic carbocycles. The summed E-state index contributed by atoms with van der Waals surface area (Å²) in [5, 5.41) is 14.4. The minimum absolute atomic E-state index is 0.00597. The van der Waals surface area contributed by atoms with E-state index in [1.807, 2.05) is 16.8 Å². The number of H-pyrrole nitrogens is 1. The Hall–Kier alpha value is -1.70. The van der Waals surface area contributed by atoms with E-state index in [9.17, 15) is 4.79 Å². The molecule has 7 heteroatoms. The summed E-state index contributed by atoms with van der Waals surface area (Å²) in [4.78, 5) is 14.9. The lowest BCUT2D eigenvalue weighted by Crippen LogP contribution is -2.41. The quantitative estimate of drug-likeness (QED) is 0.828. The number of carbonyl (C=O) groups is 1. The topological polar surface area (TPSA) is 70.2 Å². The number of nitrogens with one attached hydrogen (secondary N) is 2. The van der Waals surface area contributed by atoms with Crippen LogP contribution in [0.1, 0.15) is 40.2 Å². The fraction of sp³-hybridized carbons (Fsp3) is 0.600. The first kappa shape index (κ1) is 17.4. The van der Waals surface area contributed by atoms with Crippen molar-refractivity contribution in [3.05, 3.63) is 39.3 Å². The molecule has 0 unspecified atom stereocenters. The van der Waals surface area contributed by atoms with Crippen molar-refractivity contribution in [2.45, 2.75) is 44.9 Å². The second-order valence-electron chi connectivity index (χ2n) is 8.33. The summed E-state index contributed by atoms with van der Waals surface area (Å²) in [5.41, 5.74) is 4.31. The van der Waals surface area contributed by atoms with Crippen LogP contribution >= 0.6 is 11.3 Å². The van der Waals surface area contributed by atoms with Gasteiger partial charge in [-0.05, 0) is 38.1 Å². The van der Waals surface area contributed by atoms with Gasteiger partial charge >= 0.3 is 0 Å². The number of aromatic nitrogens is 2.